The van der Waals surface area contributed by atoms with Gasteiger partial charge in [0.2, 0.25) is 0 Å². The van der Waals surface area contributed by atoms with Crippen LogP contribution in [0, 0.1) is 18.2 Å². The molecule has 0 spiro atoms. The maximum absolute atomic E-state index is 13.5. The summed E-state index contributed by atoms with van der Waals surface area (Å²) < 4.78 is 13.5. The maximum atomic E-state index is 13.5. The molecule has 3 aromatic rings. The maximum Gasteiger partial charge on any atom is 0.165 e. The number of nitrogens with zero attached hydrogens (tertiary/aromatic N) is 1. The third-order valence-electron chi connectivity index (χ3n) is 4.20. The fourth-order valence-electron chi connectivity index (χ4n) is 3.08. The normalized spacial score (nSPS) is 11.6. The highest BCUT2D eigenvalue weighted by Gasteiger charge is 2.21. The van der Waals surface area contributed by atoms with E-state index in [1.807, 2.05) is 45.9 Å². The standard InChI is InChI=1S/C22H23FN2O/c1-14-7-5-10-17-20(14)18(19(26)12-22(2,3)4)13-24-21(17)25-16-9-6-8-15(23)11-16/h5-11,13H,12H2,1-4H3,(H,24,25). The lowest BCUT2D eigenvalue weighted by atomic mass is 9.86. The lowest BCUT2D eigenvalue weighted by Crippen LogP contribution is -2.14. The van der Waals surface area contributed by atoms with Crippen molar-refractivity contribution < 1.29 is 9.18 Å². The van der Waals surface area contributed by atoms with Gasteiger partial charge in [-0.1, -0.05) is 45.0 Å². The van der Waals surface area contributed by atoms with Crippen LogP contribution >= 0.6 is 0 Å². The highest BCUT2D eigenvalue weighted by molar-refractivity contribution is 6.11. The van der Waals surface area contributed by atoms with E-state index in [4.69, 9.17) is 0 Å². The summed E-state index contributed by atoms with van der Waals surface area (Å²) in [6.45, 7) is 8.13. The zero-order valence-electron chi connectivity index (χ0n) is 15.6. The minimum absolute atomic E-state index is 0.0848. The smallest absolute Gasteiger partial charge is 0.165 e. The van der Waals surface area contributed by atoms with Gasteiger partial charge in [-0.2, -0.15) is 0 Å². The number of benzene rings is 2. The molecule has 0 bridgehead atoms. The number of anilines is 2. The number of fused-ring (bicyclic) bond motifs is 1. The van der Waals surface area contributed by atoms with Crippen molar-refractivity contribution in [2.24, 2.45) is 5.41 Å². The Bertz CT molecular complexity index is 974. The Balaban J connectivity index is 2.10. The van der Waals surface area contributed by atoms with Crippen LogP contribution in [-0.4, -0.2) is 10.8 Å². The van der Waals surface area contributed by atoms with Crippen LogP contribution in [0.3, 0.4) is 0 Å². The van der Waals surface area contributed by atoms with Crippen LogP contribution < -0.4 is 5.32 Å². The van der Waals surface area contributed by atoms with Gasteiger partial charge in [-0.05, 0) is 36.1 Å². The molecule has 134 valence electrons. The first-order valence-electron chi connectivity index (χ1n) is 8.69. The lowest BCUT2D eigenvalue weighted by molar-refractivity contribution is 0.0941. The SMILES string of the molecule is Cc1cccc2c(Nc3cccc(F)c3)ncc(C(=O)CC(C)(C)C)c12. The number of Topliss-reactive ketones (excluding diaryl/α,β-unsaturated/α-hetero) is 1. The zero-order valence-corrected chi connectivity index (χ0v) is 15.6. The Morgan fingerprint density at radius 2 is 1.88 bits per heavy atom. The number of aromatic nitrogens is 1. The van der Waals surface area contributed by atoms with Crippen molar-refractivity contribution in [1.82, 2.24) is 4.98 Å². The van der Waals surface area contributed by atoms with Gasteiger partial charge in [0.25, 0.3) is 0 Å². The molecule has 26 heavy (non-hydrogen) atoms. The monoisotopic (exact) mass is 350 g/mol. The fraction of sp³-hybridized carbons (Fsp3) is 0.273. The topological polar surface area (TPSA) is 42.0 Å². The van der Waals surface area contributed by atoms with Gasteiger partial charge in [0, 0.05) is 34.6 Å². The number of carbonyl (C=O) groups excluding carboxylic acids is 1. The summed E-state index contributed by atoms with van der Waals surface area (Å²) in [6, 6.07) is 12.1. The Morgan fingerprint density at radius 1 is 1.15 bits per heavy atom. The molecule has 0 fully saturated rings. The zero-order chi connectivity index (χ0) is 18.9. The Kier molecular flexibility index (Phi) is 4.77. The van der Waals surface area contributed by atoms with E-state index in [-0.39, 0.29) is 17.0 Å². The van der Waals surface area contributed by atoms with E-state index in [1.54, 1.807) is 18.3 Å². The second kappa shape index (κ2) is 6.87. The molecular weight excluding hydrogens is 327 g/mol. The third-order valence-corrected chi connectivity index (χ3v) is 4.20. The number of nitrogens with one attached hydrogen (secondary N) is 1. The lowest BCUT2D eigenvalue weighted by Gasteiger charge is -2.18. The van der Waals surface area contributed by atoms with Crippen LogP contribution in [0.5, 0.6) is 0 Å². The summed E-state index contributed by atoms with van der Waals surface area (Å²) in [6.07, 6.45) is 2.08. The van der Waals surface area contributed by atoms with Gasteiger partial charge in [0.1, 0.15) is 11.6 Å². The van der Waals surface area contributed by atoms with E-state index in [1.165, 1.54) is 12.1 Å². The van der Waals surface area contributed by atoms with Crippen molar-refractivity contribution in [2.75, 3.05) is 5.32 Å². The largest absolute Gasteiger partial charge is 0.340 e. The molecule has 1 N–H and O–H groups in total. The van der Waals surface area contributed by atoms with Crippen LogP contribution in [0.2, 0.25) is 0 Å². The predicted octanol–water partition coefficient (Wildman–Crippen LogP) is 6.04. The Morgan fingerprint density at radius 3 is 2.58 bits per heavy atom. The molecule has 0 aliphatic carbocycles. The average Bonchev–Trinajstić information content (AvgIpc) is 2.54. The van der Waals surface area contributed by atoms with E-state index in [2.05, 4.69) is 10.3 Å². The number of halogens is 1. The molecule has 4 heteroatoms. The molecular formula is C22H23FN2O. The molecule has 1 aromatic heterocycles. The first kappa shape index (κ1) is 18.1. The van der Waals surface area contributed by atoms with Crippen LogP contribution in [-0.2, 0) is 0 Å². The van der Waals surface area contributed by atoms with Crippen LogP contribution in [0.25, 0.3) is 10.8 Å². The van der Waals surface area contributed by atoms with Gasteiger partial charge >= 0.3 is 0 Å². The average molecular weight is 350 g/mol. The second-order valence-electron chi connectivity index (χ2n) is 7.81. The molecule has 0 aliphatic rings. The van der Waals surface area contributed by atoms with Gasteiger partial charge in [0.05, 0.1) is 0 Å². The Hall–Kier alpha value is -2.75. The first-order chi connectivity index (χ1) is 12.2. The van der Waals surface area contributed by atoms with Gasteiger partial charge in [0.15, 0.2) is 5.78 Å². The van der Waals surface area contributed by atoms with Gasteiger partial charge in [-0.25, -0.2) is 9.37 Å². The number of pyridine rings is 1. The van der Waals surface area contributed by atoms with Crippen molar-refractivity contribution in [3.8, 4) is 0 Å². The highest BCUT2D eigenvalue weighted by atomic mass is 19.1. The van der Waals surface area contributed by atoms with Gasteiger partial charge < -0.3 is 5.32 Å². The van der Waals surface area contributed by atoms with E-state index >= 15 is 0 Å². The van der Waals surface area contributed by atoms with Crippen molar-refractivity contribution >= 4 is 28.1 Å². The van der Waals surface area contributed by atoms with E-state index in [9.17, 15) is 9.18 Å². The molecule has 2 aromatic carbocycles. The number of ketones is 1. The molecule has 0 atom stereocenters. The van der Waals surface area contributed by atoms with Crippen molar-refractivity contribution in [3.05, 3.63) is 65.6 Å². The second-order valence-corrected chi connectivity index (χ2v) is 7.81. The van der Waals surface area contributed by atoms with Gasteiger partial charge in [-0.3, -0.25) is 4.79 Å². The molecule has 1 heterocycles. The van der Waals surface area contributed by atoms with Crippen molar-refractivity contribution in [3.63, 3.8) is 0 Å². The number of rotatable bonds is 4. The summed E-state index contributed by atoms with van der Waals surface area (Å²) in [5.74, 6) is 0.385. The van der Waals surface area contributed by atoms with Gasteiger partial charge in [-0.15, -0.1) is 0 Å². The summed E-state index contributed by atoms with van der Waals surface area (Å²) in [5.41, 5.74) is 2.18. The third kappa shape index (κ3) is 3.90. The molecule has 0 radical (unpaired) electrons. The Labute approximate surface area is 153 Å². The first-order valence-corrected chi connectivity index (χ1v) is 8.69. The molecule has 3 nitrogen and oxygen atoms in total. The minimum atomic E-state index is -0.313. The summed E-state index contributed by atoms with van der Waals surface area (Å²) in [5, 5.41) is 4.92. The molecule has 0 saturated carbocycles. The number of carbonyl (C=O) groups is 1. The number of hydrogen-bond acceptors (Lipinski definition) is 3. The molecule has 0 unspecified atom stereocenters. The summed E-state index contributed by atoms with van der Waals surface area (Å²) in [7, 11) is 0. The molecule has 0 amide bonds. The predicted molar refractivity (Wildman–Crippen MR) is 105 cm³/mol. The molecule has 0 aliphatic heterocycles. The number of hydrogen-bond donors (Lipinski definition) is 1. The van der Waals surface area contributed by atoms with E-state index < -0.39 is 0 Å². The molecule has 0 saturated heterocycles. The number of aryl methyl sites for hydroxylation is 1. The quantitative estimate of drug-likeness (QED) is 0.583. The van der Waals surface area contributed by atoms with E-state index in [0.717, 1.165) is 16.3 Å². The molecule has 3 rings (SSSR count). The van der Waals surface area contributed by atoms with Crippen molar-refractivity contribution in [2.45, 2.75) is 34.1 Å². The van der Waals surface area contributed by atoms with Crippen LogP contribution in [0.15, 0.2) is 48.7 Å². The van der Waals surface area contributed by atoms with Crippen LogP contribution in [0.4, 0.5) is 15.9 Å². The summed E-state index contributed by atoms with van der Waals surface area (Å²) >= 11 is 0. The summed E-state index contributed by atoms with van der Waals surface area (Å²) in [4.78, 5) is 17.3. The van der Waals surface area contributed by atoms with Crippen molar-refractivity contribution in [1.29, 1.82) is 0 Å². The van der Waals surface area contributed by atoms with E-state index in [0.29, 0.717) is 23.5 Å². The van der Waals surface area contributed by atoms with Crippen LogP contribution in [0.1, 0.15) is 43.1 Å². The highest BCUT2D eigenvalue weighted by Crippen LogP contribution is 2.32. The fourth-order valence-corrected chi connectivity index (χ4v) is 3.08. The minimum Gasteiger partial charge on any atom is -0.340 e.